The summed E-state index contributed by atoms with van der Waals surface area (Å²) in [5.74, 6) is 0. The topological polar surface area (TPSA) is 89.0 Å². The number of ether oxygens (including phenoxy) is 1. The third kappa shape index (κ3) is 24.7. The highest BCUT2D eigenvalue weighted by molar-refractivity contribution is 5.61. The van der Waals surface area contributed by atoms with E-state index >= 15 is 0 Å². The molecule has 0 fully saturated rings. The SMILES string of the molecule is CCCNC(=O)[O-].COCCC[NH3+]. The van der Waals surface area contributed by atoms with Gasteiger partial charge in [0.1, 0.15) is 6.09 Å². The average molecular weight is 192 g/mol. The molecule has 0 saturated carbocycles. The van der Waals surface area contributed by atoms with E-state index in [9.17, 15) is 9.90 Å². The Morgan fingerprint density at radius 2 is 2.23 bits per heavy atom. The molecule has 0 saturated heterocycles. The first kappa shape index (κ1) is 14.7. The van der Waals surface area contributed by atoms with Gasteiger partial charge in [0.2, 0.25) is 0 Å². The van der Waals surface area contributed by atoms with Gasteiger partial charge in [-0.3, -0.25) is 0 Å². The van der Waals surface area contributed by atoms with Crippen LogP contribution in [0.5, 0.6) is 0 Å². The van der Waals surface area contributed by atoms with Gasteiger partial charge >= 0.3 is 0 Å². The van der Waals surface area contributed by atoms with Crippen LogP contribution < -0.4 is 16.2 Å². The number of hydrogen-bond acceptors (Lipinski definition) is 3. The molecule has 5 heteroatoms. The molecule has 13 heavy (non-hydrogen) atoms. The number of quaternary nitrogens is 1. The molecule has 4 N–H and O–H groups in total. The van der Waals surface area contributed by atoms with Gasteiger partial charge in [0.05, 0.1) is 13.2 Å². The van der Waals surface area contributed by atoms with E-state index in [2.05, 4.69) is 11.1 Å². The minimum absolute atomic E-state index is 0.488. The zero-order valence-electron chi connectivity index (χ0n) is 8.47. The largest absolute Gasteiger partial charge is 0.530 e. The van der Waals surface area contributed by atoms with E-state index < -0.39 is 6.09 Å². The molecule has 5 nitrogen and oxygen atoms in total. The summed E-state index contributed by atoms with van der Waals surface area (Å²) >= 11 is 0. The maximum atomic E-state index is 9.54. The number of nitrogens with one attached hydrogen (secondary N) is 1. The van der Waals surface area contributed by atoms with E-state index in [1.807, 2.05) is 6.92 Å². The van der Waals surface area contributed by atoms with Gasteiger partial charge in [0.15, 0.2) is 0 Å². The second-order valence-electron chi connectivity index (χ2n) is 2.41. The smallest absolute Gasteiger partial charge is 0.134 e. The summed E-state index contributed by atoms with van der Waals surface area (Å²) < 4.78 is 4.74. The zero-order chi connectivity index (χ0) is 10.5. The van der Waals surface area contributed by atoms with Crippen molar-refractivity contribution in [1.82, 2.24) is 5.32 Å². The summed E-state index contributed by atoms with van der Waals surface area (Å²) in [7, 11) is 1.70. The van der Waals surface area contributed by atoms with Crippen LogP contribution in [0.3, 0.4) is 0 Å². The molecular weight excluding hydrogens is 172 g/mol. The molecule has 0 aliphatic rings. The number of amides is 1. The van der Waals surface area contributed by atoms with Crippen molar-refractivity contribution in [2.45, 2.75) is 19.8 Å². The highest BCUT2D eigenvalue weighted by Gasteiger charge is 1.77. The molecule has 1 amide bonds. The van der Waals surface area contributed by atoms with Crippen LogP contribution in [0.25, 0.3) is 0 Å². The molecule has 0 radical (unpaired) electrons. The summed E-state index contributed by atoms with van der Waals surface area (Å²) in [6.07, 6.45) is 0.701. The van der Waals surface area contributed by atoms with Crippen molar-refractivity contribution >= 4 is 6.09 Å². The van der Waals surface area contributed by atoms with Crippen molar-refractivity contribution in [3.8, 4) is 0 Å². The summed E-state index contributed by atoms with van der Waals surface area (Å²) in [5.41, 5.74) is 3.64. The lowest BCUT2D eigenvalue weighted by molar-refractivity contribution is -0.369. The van der Waals surface area contributed by atoms with Crippen LogP contribution in [0.1, 0.15) is 19.8 Å². The number of carbonyl (C=O) groups is 1. The Kier molecular flexibility index (Phi) is 15.6. The normalized spacial score (nSPS) is 8.54. The van der Waals surface area contributed by atoms with Crippen molar-refractivity contribution in [3.63, 3.8) is 0 Å². The third-order valence-corrected chi connectivity index (χ3v) is 1.12. The van der Waals surface area contributed by atoms with Gasteiger partial charge in [-0.2, -0.15) is 0 Å². The Balaban J connectivity index is 0. The predicted molar refractivity (Wildman–Crippen MR) is 47.9 cm³/mol. The van der Waals surface area contributed by atoms with Crippen LogP contribution in [-0.4, -0.2) is 32.9 Å². The van der Waals surface area contributed by atoms with Crippen LogP contribution in [-0.2, 0) is 4.74 Å². The van der Waals surface area contributed by atoms with E-state index in [1.54, 1.807) is 7.11 Å². The number of carboxylic acid groups (broad SMARTS) is 1. The minimum atomic E-state index is -1.19. The van der Waals surface area contributed by atoms with Crippen LogP contribution in [0.4, 0.5) is 4.79 Å². The number of carbonyl (C=O) groups excluding carboxylic acids is 1. The molecule has 0 aliphatic carbocycles. The Hall–Kier alpha value is -0.810. The lowest BCUT2D eigenvalue weighted by Crippen LogP contribution is -2.50. The Morgan fingerprint density at radius 1 is 1.62 bits per heavy atom. The van der Waals surface area contributed by atoms with E-state index in [0.29, 0.717) is 6.54 Å². The molecule has 0 atom stereocenters. The van der Waals surface area contributed by atoms with Gasteiger partial charge < -0.3 is 25.7 Å². The molecule has 0 bridgehead atoms. The molecule has 0 aromatic carbocycles. The molecule has 0 spiro atoms. The molecule has 0 aromatic heterocycles. The first-order valence-electron chi connectivity index (χ1n) is 4.42. The van der Waals surface area contributed by atoms with E-state index in [1.165, 1.54) is 0 Å². The molecule has 0 unspecified atom stereocenters. The quantitative estimate of drug-likeness (QED) is 0.525. The van der Waals surface area contributed by atoms with Crippen LogP contribution in [0.15, 0.2) is 0 Å². The number of hydrogen-bond donors (Lipinski definition) is 2. The molecule has 0 rings (SSSR count). The van der Waals surface area contributed by atoms with Gasteiger partial charge in [-0.15, -0.1) is 0 Å². The fourth-order valence-electron chi connectivity index (χ4n) is 0.473. The van der Waals surface area contributed by atoms with Crippen molar-refractivity contribution < 1.29 is 20.4 Å². The Bertz CT molecular complexity index is 106. The first-order chi connectivity index (χ1) is 6.18. The highest BCUT2D eigenvalue weighted by Crippen LogP contribution is 1.69. The lowest BCUT2D eigenvalue weighted by atomic mass is 10.5. The fraction of sp³-hybridized carbons (Fsp3) is 0.875. The van der Waals surface area contributed by atoms with Crippen molar-refractivity contribution in [3.05, 3.63) is 0 Å². The predicted octanol–water partition coefficient (Wildman–Crippen LogP) is -1.41. The summed E-state index contributed by atoms with van der Waals surface area (Å²) in [4.78, 5) is 9.54. The summed E-state index contributed by atoms with van der Waals surface area (Å²) in [6, 6.07) is 0. The summed E-state index contributed by atoms with van der Waals surface area (Å²) in [5, 5.41) is 11.6. The standard InChI is InChI=1S/C4H9NO2.C4H11NO/c1-2-3-5-4(6)7;1-6-4-2-3-5/h5H,2-3H2,1H3,(H,6,7);2-5H2,1H3. The maximum Gasteiger partial charge on any atom is 0.134 e. The van der Waals surface area contributed by atoms with Gasteiger partial charge in [-0.1, -0.05) is 6.92 Å². The maximum absolute atomic E-state index is 9.54. The second kappa shape index (κ2) is 13.8. The van der Waals surface area contributed by atoms with E-state index in [-0.39, 0.29) is 0 Å². The molecule has 0 aliphatic heterocycles. The lowest BCUT2D eigenvalue weighted by Gasteiger charge is -2.01. The average Bonchev–Trinajstić information content (AvgIpc) is 2.12. The van der Waals surface area contributed by atoms with Gasteiger partial charge in [-0.25, -0.2) is 0 Å². The van der Waals surface area contributed by atoms with Gasteiger partial charge in [-0.05, 0) is 6.42 Å². The minimum Gasteiger partial charge on any atom is -0.530 e. The molecule has 0 heterocycles. The fourth-order valence-corrected chi connectivity index (χ4v) is 0.473. The van der Waals surface area contributed by atoms with Crippen molar-refractivity contribution in [2.75, 3.05) is 26.8 Å². The molecule has 0 aromatic rings. The van der Waals surface area contributed by atoms with Gasteiger partial charge in [0, 0.05) is 20.1 Å². The number of methoxy groups -OCH3 is 1. The van der Waals surface area contributed by atoms with Crippen LogP contribution in [0, 0.1) is 0 Å². The highest BCUT2D eigenvalue weighted by atomic mass is 16.5. The molecular formula is C8H20N2O3. The Morgan fingerprint density at radius 3 is 2.38 bits per heavy atom. The molecule has 80 valence electrons. The van der Waals surface area contributed by atoms with Crippen LogP contribution >= 0.6 is 0 Å². The van der Waals surface area contributed by atoms with Crippen LogP contribution in [0.2, 0.25) is 0 Å². The second-order valence-corrected chi connectivity index (χ2v) is 2.41. The Labute approximate surface area is 79.3 Å². The first-order valence-corrected chi connectivity index (χ1v) is 4.42. The van der Waals surface area contributed by atoms with E-state index in [0.717, 1.165) is 26.0 Å². The zero-order valence-corrected chi connectivity index (χ0v) is 8.47. The third-order valence-electron chi connectivity index (χ3n) is 1.12. The monoisotopic (exact) mass is 192 g/mol. The summed E-state index contributed by atoms with van der Waals surface area (Å²) in [6.45, 7) is 4.20. The van der Waals surface area contributed by atoms with Gasteiger partial charge in [0.25, 0.3) is 0 Å². The van der Waals surface area contributed by atoms with Crippen molar-refractivity contribution in [1.29, 1.82) is 0 Å². The van der Waals surface area contributed by atoms with Crippen molar-refractivity contribution in [2.24, 2.45) is 0 Å². The van der Waals surface area contributed by atoms with E-state index in [4.69, 9.17) is 4.74 Å². The number of rotatable bonds is 5.